The maximum Gasteiger partial charge on any atom is 0.233 e. The number of carbonyl (C=O) groups excluding carboxylic acids is 1. The molecule has 152 valence electrons. The first-order valence-corrected chi connectivity index (χ1v) is 10.4. The largest absolute Gasteiger partial charge is 0.338 e. The first-order chi connectivity index (χ1) is 13.9. The van der Waals surface area contributed by atoms with Crippen molar-refractivity contribution in [3.05, 3.63) is 63.9 Å². The zero-order chi connectivity index (χ0) is 21.0. The summed E-state index contributed by atoms with van der Waals surface area (Å²) in [6.07, 6.45) is 0. The molecule has 6 nitrogen and oxygen atoms in total. The van der Waals surface area contributed by atoms with Gasteiger partial charge in [0.05, 0.1) is 10.8 Å². The van der Waals surface area contributed by atoms with Crippen LogP contribution in [0.25, 0.3) is 11.4 Å². The third kappa shape index (κ3) is 5.20. The van der Waals surface area contributed by atoms with Gasteiger partial charge in [0.2, 0.25) is 11.1 Å². The molecule has 10 heteroatoms. The highest BCUT2D eigenvalue weighted by Crippen LogP contribution is 2.30. The second-order valence-corrected chi connectivity index (χ2v) is 7.91. The summed E-state index contributed by atoms with van der Waals surface area (Å²) < 4.78 is 14.7. The van der Waals surface area contributed by atoms with E-state index in [0.717, 1.165) is 5.56 Å². The SMILES string of the molecule is CCN(Cc1cccc(F)c1)C(=O)CSc1nnc(-c2ccc(Cl)cc2Cl)n1N. The van der Waals surface area contributed by atoms with Crippen LogP contribution in [0.1, 0.15) is 12.5 Å². The molecule has 1 heterocycles. The number of nitrogens with zero attached hydrogens (tertiary/aromatic N) is 4. The van der Waals surface area contributed by atoms with Crippen LogP contribution >= 0.6 is 35.0 Å². The Morgan fingerprint density at radius 1 is 1.24 bits per heavy atom. The molecular weight excluding hydrogens is 436 g/mol. The summed E-state index contributed by atoms with van der Waals surface area (Å²) in [7, 11) is 0. The zero-order valence-corrected chi connectivity index (χ0v) is 17.8. The molecule has 0 radical (unpaired) electrons. The molecule has 0 saturated carbocycles. The third-order valence-corrected chi connectivity index (χ3v) is 5.63. The van der Waals surface area contributed by atoms with Crippen LogP contribution in [0.5, 0.6) is 0 Å². The number of hydrogen-bond donors (Lipinski definition) is 1. The van der Waals surface area contributed by atoms with Crippen molar-refractivity contribution < 1.29 is 9.18 Å². The third-order valence-electron chi connectivity index (χ3n) is 4.16. The molecule has 0 bridgehead atoms. The molecule has 3 aromatic rings. The van der Waals surface area contributed by atoms with E-state index in [4.69, 9.17) is 29.0 Å². The van der Waals surface area contributed by atoms with Gasteiger partial charge in [0.15, 0.2) is 5.82 Å². The van der Waals surface area contributed by atoms with E-state index in [1.807, 2.05) is 6.92 Å². The highest BCUT2D eigenvalue weighted by Gasteiger charge is 2.18. The van der Waals surface area contributed by atoms with Gasteiger partial charge < -0.3 is 10.7 Å². The van der Waals surface area contributed by atoms with E-state index in [2.05, 4.69) is 10.2 Å². The number of hydrogen-bond acceptors (Lipinski definition) is 5. The van der Waals surface area contributed by atoms with Gasteiger partial charge in [-0.25, -0.2) is 9.07 Å². The fourth-order valence-electron chi connectivity index (χ4n) is 2.68. The Morgan fingerprint density at radius 2 is 2.03 bits per heavy atom. The Bertz CT molecular complexity index is 1030. The van der Waals surface area contributed by atoms with Gasteiger partial charge in [-0.3, -0.25) is 4.79 Å². The summed E-state index contributed by atoms with van der Waals surface area (Å²) in [5, 5.41) is 9.39. The van der Waals surface area contributed by atoms with E-state index >= 15 is 0 Å². The summed E-state index contributed by atoms with van der Waals surface area (Å²) >= 11 is 13.3. The van der Waals surface area contributed by atoms with Gasteiger partial charge in [0, 0.05) is 23.7 Å². The molecule has 0 spiro atoms. The summed E-state index contributed by atoms with van der Waals surface area (Å²) in [5.41, 5.74) is 1.32. The molecule has 0 saturated heterocycles. The topological polar surface area (TPSA) is 77.0 Å². The van der Waals surface area contributed by atoms with Crippen LogP contribution in [0.3, 0.4) is 0 Å². The Balaban J connectivity index is 1.67. The predicted molar refractivity (Wildman–Crippen MR) is 114 cm³/mol. The van der Waals surface area contributed by atoms with Gasteiger partial charge in [-0.15, -0.1) is 10.2 Å². The molecule has 1 amide bonds. The molecule has 0 aliphatic heterocycles. The predicted octanol–water partition coefficient (Wildman–Crippen LogP) is 4.25. The van der Waals surface area contributed by atoms with Crippen molar-refractivity contribution >= 4 is 40.9 Å². The highest BCUT2D eigenvalue weighted by molar-refractivity contribution is 7.99. The van der Waals surface area contributed by atoms with Crippen LogP contribution in [0, 0.1) is 5.82 Å². The molecule has 0 atom stereocenters. The maximum atomic E-state index is 13.4. The monoisotopic (exact) mass is 453 g/mol. The van der Waals surface area contributed by atoms with E-state index in [1.165, 1.54) is 28.6 Å². The number of aromatic nitrogens is 3. The lowest BCUT2D eigenvalue weighted by atomic mass is 10.2. The Morgan fingerprint density at radius 3 is 2.72 bits per heavy atom. The Labute approximate surface area is 181 Å². The number of halogens is 3. The average Bonchev–Trinajstić information content (AvgIpc) is 3.04. The van der Waals surface area contributed by atoms with Gasteiger partial charge in [0.25, 0.3) is 0 Å². The van der Waals surface area contributed by atoms with Gasteiger partial charge in [-0.2, -0.15) is 0 Å². The number of amides is 1. The second-order valence-electron chi connectivity index (χ2n) is 6.13. The number of rotatable bonds is 7. The molecule has 1 aromatic heterocycles. The van der Waals surface area contributed by atoms with Crippen LogP contribution in [0.4, 0.5) is 4.39 Å². The van der Waals surface area contributed by atoms with Crippen LogP contribution in [0.15, 0.2) is 47.6 Å². The summed E-state index contributed by atoms with van der Waals surface area (Å²) in [4.78, 5) is 14.2. The average molecular weight is 454 g/mol. The van der Waals surface area contributed by atoms with Gasteiger partial charge >= 0.3 is 0 Å². The Kier molecular flexibility index (Phi) is 7.00. The first-order valence-electron chi connectivity index (χ1n) is 8.70. The standard InChI is InChI=1S/C19H18Cl2FN5OS/c1-2-26(10-12-4-3-5-14(22)8-12)17(28)11-29-19-25-24-18(27(19)23)15-7-6-13(20)9-16(15)21/h3-9H,2,10-11,23H2,1H3. The van der Waals surface area contributed by atoms with Crippen molar-refractivity contribution in [3.8, 4) is 11.4 Å². The van der Waals surface area contributed by atoms with Crippen molar-refractivity contribution in [2.45, 2.75) is 18.6 Å². The minimum absolute atomic E-state index is 0.115. The smallest absolute Gasteiger partial charge is 0.233 e. The lowest BCUT2D eigenvalue weighted by Gasteiger charge is -2.20. The van der Waals surface area contributed by atoms with Crippen LogP contribution in [-0.2, 0) is 11.3 Å². The van der Waals surface area contributed by atoms with E-state index in [1.54, 1.807) is 35.2 Å². The summed E-state index contributed by atoms with van der Waals surface area (Å²) in [6, 6.07) is 11.2. The van der Waals surface area contributed by atoms with E-state index in [9.17, 15) is 9.18 Å². The number of nitrogen functional groups attached to an aromatic ring is 1. The first kappa shape index (κ1) is 21.4. The van der Waals surface area contributed by atoms with Crippen molar-refractivity contribution in [2.24, 2.45) is 0 Å². The van der Waals surface area contributed by atoms with Crippen molar-refractivity contribution in [2.75, 3.05) is 18.1 Å². The van der Waals surface area contributed by atoms with Gasteiger partial charge in [-0.1, -0.05) is 47.1 Å². The van der Waals surface area contributed by atoms with Crippen LogP contribution in [-0.4, -0.2) is 38.0 Å². The molecule has 0 fully saturated rings. The normalized spacial score (nSPS) is 10.9. The fourth-order valence-corrected chi connectivity index (χ4v) is 3.93. The van der Waals surface area contributed by atoms with E-state index < -0.39 is 0 Å². The fraction of sp³-hybridized carbons (Fsp3) is 0.211. The quantitative estimate of drug-likeness (QED) is 0.427. The number of nitrogens with two attached hydrogens (primary N) is 1. The van der Waals surface area contributed by atoms with E-state index in [0.29, 0.717) is 39.7 Å². The molecule has 2 aromatic carbocycles. The minimum atomic E-state index is -0.329. The number of thioether (sulfide) groups is 1. The van der Waals surface area contributed by atoms with Gasteiger partial charge in [0.1, 0.15) is 5.82 Å². The lowest BCUT2D eigenvalue weighted by molar-refractivity contribution is -0.128. The van der Waals surface area contributed by atoms with Gasteiger partial charge in [-0.05, 0) is 42.8 Å². The molecule has 0 aliphatic rings. The van der Waals surface area contributed by atoms with Crippen molar-refractivity contribution in [1.82, 2.24) is 19.8 Å². The van der Waals surface area contributed by atoms with Crippen LogP contribution in [0.2, 0.25) is 10.0 Å². The lowest BCUT2D eigenvalue weighted by Crippen LogP contribution is -2.32. The highest BCUT2D eigenvalue weighted by atomic mass is 35.5. The molecule has 0 aliphatic carbocycles. The van der Waals surface area contributed by atoms with Crippen molar-refractivity contribution in [1.29, 1.82) is 0 Å². The molecule has 29 heavy (non-hydrogen) atoms. The van der Waals surface area contributed by atoms with E-state index in [-0.39, 0.29) is 17.5 Å². The molecular formula is C19H18Cl2FN5OS. The molecule has 2 N–H and O–H groups in total. The maximum absolute atomic E-state index is 13.4. The number of carbonyl (C=O) groups is 1. The van der Waals surface area contributed by atoms with Crippen molar-refractivity contribution in [3.63, 3.8) is 0 Å². The second kappa shape index (κ2) is 9.47. The molecule has 3 rings (SSSR count). The zero-order valence-electron chi connectivity index (χ0n) is 15.5. The molecule has 0 unspecified atom stereocenters. The number of benzene rings is 2. The minimum Gasteiger partial charge on any atom is -0.338 e. The Hall–Kier alpha value is -2.29. The summed E-state index contributed by atoms with van der Waals surface area (Å²) in [6.45, 7) is 2.69. The van der Waals surface area contributed by atoms with Crippen LogP contribution < -0.4 is 5.84 Å². The summed E-state index contributed by atoms with van der Waals surface area (Å²) in [5.74, 6) is 6.13.